The van der Waals surface area contributed by atoms with Crippen LogP contribution in [0.25, 0.3) is 0 Å². The lowest BCUT2D eigenvalue weighted by molar-refractivity contribution is 0.282. The molecule has 2 heteroatoms. The normalized spacial score (nSPS) is 11.4. The molecule has 0 saturated heterocycles. The third kappa shape index (κ3) is 27.9. The molecule has 0 radical (unpaired) electrons. The number of aliphatic hydroxyl groups excluding tert-OH is 1. The van der Waals surface area contributed by atoms with Gasteiger partial charge in [0.1, 0.15) is 0 Å². The Hall–Kier alpha value is -0.0800. The molecule has 0 aliphatic heterocycles. The van der Waals surface area contributed by atoms with Crippen molar-refractivity contribution in [2.45, 2.75) is 155 Å². The molecule has 0 atom stereocenters. The predicted molar refractivity (Wildman–Crippen MR) is 132 cm³/mol. The second kappa shape index (κ2) is 27.9. The Labute approximate surface area is 185 Å². The van der Waals surface area contributed by atoms with E-state index in [2.05, 4.69) is 12.2 Å². The summed E-state index contributed by atoms with van der Waals surface area (Å²) in [4.78, 5) is 0. The van der Waals surface area contributed by atoms with Crippen molar-refractivity contribution in [1.82, 2.24) is 5.32 Å². The van der Waals surface area contributed by atoms with Crippen LogP contribution >= 0.6 is 0 Å². The lowest BCUT2D eigenvalue weighted by Gasteiger charge is -2.05. The van der Waals surface area contributed by atoms with Crippen molar-refractivity contribution < 1.29 is 5.11 Å². The maximum Gasteiger partial charge on any atom is 0.0431 e. The van der Waals surface area contributed by atoms with E-state index in [1.54, 1.807) is 0 Å². The van der Waals surface area contributed by atoms with E-state index >= 15 is 0 Å². The number of hydrogen-bond acceptors (Lipinski definition) is 2. The van der Waals surface area contributed by atoms with Crippen LogP contribution in [0.3, 0.4) is 0 Å². The first-order valence-corrected chi connectivity index (χ1v) is 13.7. The van der Waals surface area contributed by atoms with Gasteiger partial charge >= 0.3 is 0 Å². The lowest BCUT2D eigenvalue weighted by Crippen LogP contribution is -2.16. The van der Waals surface area contributed by atoms with E-state index in [9.17, 15) is 0 Å². The minimum atomic E-state index is 0.372. The molecule has 0 aliphatic carbocycles. The molecule has 0 rings (SSSR count). The molecule has 2 N–H and O–H groups in total. The van der Waals surface area contributed by atoms with Crippen molar-refractivity contribution in [3.63, 3.8) is 0 Å². The number of aliphatic hydroxyl groups is 1. The Morgan fingerprint density at radius 2 is 0.655 bits per heavy atom. The monoisotopic (exact) mass is 411 g/mol. The predicted octanol–water partition coefficient (Wildman–Crippen LogP) is 8.56. The van der Waals surface area contributed by atoms with E-state index in [4.69, 9.17) is 5.11 Å². The molecular formula is C27H57NO. The zero-order chi connectivity index (χ0) is 21.1. The van der Waals surface area contributed by atoms with Gasteiger partial charge in [-0.3, -0.25) is 0 Å². The second-order valence-corrected chi connectivity index (χ2v) is 9.25. The van der Waals surface area contributed by atoms with Crippen LogP contribution < -0.4 is 5.32 Å². The SMILES string of the molecule is CCCCCCCCCNCCCCCCCCCCCCCCCCCCO. The first-order valence-electron chi connectivity index (χ1n) is 13.7. The molecule has 29 heavy (non-hydrogen) atoms. The van der Waals surface area contributed by atoms with E-state index in [0.717, 1.165) is 6.42 Å². The molecule has 0 saturated carbocycles. The molecule has 0 aromatic heterocycles. The quantitative estimate of drug-likeness (QED) is 0.140. The maximum absolute atomic E-state index is 8.75. The summed E-state index contributed by atoms with van der Waals surface area (Å²) in [5.74, 6) is 0. The van der Waals surface area contributed by atoms with Gasteiger partial charge in [0.25, 0.3) is 0 Å². The number of unbranched alkanes of at least 4 members (excludes halogenated alkanes) is 21. The highest BCUT2D eigenvalue weighted by molar-refractivity contribution is 4.53. The summed E-state index contributed by atoms with van der Waals surface area (Å²) >= 11 is 0. The van der Waals surface area contributed by atoms with Crippen LogP contribution in [-0.4, -0.2) is 24.8 Å². The second-order valence-electron chi connectivity index (χ2n) is 9.25. The lowest BCUT2D eigenvalue weighted by atomic mass is 10.0. The standard InChI is InChI=1S/C27H57NO/c1-2-3-4-5-16-19-22-25-28-26-23-20-17-14-12-10-8-6-7-9-11-13-15-18-21-24-27-29/h28-29H,2-27H2,1H3. The molecule has 0 amide bonds. The fourth-order valence-electron chi connectivity index (χ4n) is 4.17. The maximum atomic E-state index is 8.75. The van der Waals surface area contributed by atoms with Crippen LogP contribution in [0.4, 0.5) is 0 Å². The van der Waals surface area contributed by atoms with Gasteiger partial charge in [-0.15, -0.1) is 0 Å². The first kappa shape index (κ1) is 28.9. The van der Waals surface area contributed by atoms with E-state index in [1.165, 1.54) is 154 Å². The van der Waals surface area contributed by atoms with Crippen molar-refractivity contribution >= 4 is 0 Å². The molecule has 176 valence electrons. The van der Waals surface area contributed by atoms with E-state index in [0.29, 0.717) is 6.61 Å². The molecule has 0 aliphatic rings. The van der Waals surface area contributed by atoms with Crippen molar-refractivity contribution in [2.24, 2.45) is 0 Å². The molecule has 0 spiro atoms. The van der Waals surface area contributed by atoms with Gasteiger partial charge in [-0.25, -0.2) is 0 Å². The summed E-state index contributed by atoms with van der Waals surface area (Å²) in [5, 5.41) is 12.4. The van der Waals surface area contributed by atoms with Gasteiger partial charge in [-0.1, -0.05) is 135 Å². The fraction of sp³-hybridized carbons (Fsp3) is 1.00. The number of rotatable bonds is 26. The summed E-state index contributed by atoms with van der Waals surface area (Å²) in [5.41, 5.74) is 0. The highest BCUT2D eigenvalue weighted by Gasteiger charge is 1.95. The number of hydrogen-bond donors (Lipinski definition) is 2. The number of nitrogens with one attached hydrogen (secondary N) is 1. The highest BCUT2D eigenvalue weighted by atomic mass is 16.2. The van der Waals surface area contributed by atoms with Crippen molar-refractivity contribution in [1.29, 1.82) is 0 Å². The van der Waals surface area contributed by atoms with Gasteiger partial charge in [0.2, 0.25) is 0 Å². The largest absolute Gasteiger partial charge is 0.396 e. The summed E-state index contributed by atoms with van der Waals surface area (Å²) in [6, 6.07) is 0. The van der Waals surface area contributed by atoms with Crippen LogP contribution in [0.2, 0.25) is 0 Å². The van der Waals surface area contributed by atoms with Crippen LogP contribution in [-0.2, 0) is 0 Å². The average Bonchev–Trinajstić information content (AvgIpc) is 2.74. The van der Waals surface area contributed by atoms with Crippen LogP contribution in [0, 0.1) is 0 Å². The van der Waals surface area contributed by atoms with E-state index < -0.39 is 0 Å². The van der Waals surface area contributed by atoms with Gasteiger partial charge in [-0.2, -0.15) is 0 Å². The molecule has 2 nitrogen and oxygen atoms in total. The van der Waals surface area contributed by atoms with E-state index in [1.807, 2.05) is 0 Å². The van der Waals surface area contributed by atoms with Crippen molar-refractivity contribution in [2.75, 3.05) is 19.7 Å². The Balaban J connectivity index is 2.97. The minimum absolute atomic E-state index is 0.372. The fourth-order valence-corrected chi connectivity index (χ4v) is 4.17. The molecule has 0 heterocycles. The minimum Gasteiger partial charge on any atom is -0.396 e. The molecule has 0 aromatic rings. The summed E-state index contributed by atoms with van der Waals surface area (Å²) in [7, 11) is 0. The molecule has 0 unspecified atom stereocenters. The van der Waals surface area contributed by atoms with Gasteiger partial charge in [0.05, 0.1) is 0 Å². The summed E-state index contributed by atoms with van der Waals surface area (Å²) < 4.78 is 0. The van der Waals surface area contributed by atoms with E-state index in [-0.39, 0.29) is 0 Å². The average molecular weight is 412 g/mol. The first-order chi connectivity index (χ1) is 14.4. The van der Waals surface area contributed by atoms with Crippen LogP contribution in [0.15, 0.2) is 0 Å². The van der Waals surface area contributed by atoms with Gasteiger partial charge in [0.15, 0.2) is 0 Å². The Morgan fingerprint density at radius 1 is 0.379 bits per heavy atom. The molecule has 0 bridgehead atoms. The van der Waals surface area contributed by atoms with Crippen LogP contribution in [0.5, 0.6) is 0 Å². The smallest absolute Gasteiger partial charge is 0.0431 e. The molecular weight excluding hydrogens is 354 g/mol. The molecule has 0 aromatic carbocycles. The van der Waals surface area contributed by atoms with Crippen LogP contribution in [0.1, 0.15) is 155 Å². The van der Waals surface area contributed by atoms with Crippen molar-refractivity contribution in [3.8, 4) is 0 Å². The van der Waals surface area contributed by atoms with Gasteiger partial charge < -0.3 is 10.4 Å². The van der Waals surface area contributed by atoms with Gasteiger partial charge in [-0.05, 0) is 32.4 Å². The highest BCUT2D eigenvalue weighted by Crippen LogP contribution is 2.13. The van der Waals surface area contributed by atoms with Crippen molar-refractivity contribution in [3.05, 3.63) is 0 Å². The third-order valence-electron chi connectivity index (χ3n) is 6.22. The Bertz CT molecular complexity index is 243. The summed E-state index contributed by atoms with van der Waals surface area (Å²) in [6.45, 7) is 5.13. The Morgan fingerprint density at radius 3 is 0.966 bits per heavy atom. The van der Waals surface area contributed by atoms with Gasteiger partial charge in [0, 0.05) is 6.61 Å². The topological polar surface area (TPSA) is 32.3 Å². The zero-order valence-electron chi connectivity index (χ0n) is 20.3. The summed E-state index contributed by atoms with van der Waals surface area (Å²) in [6.07, 6.45) is 32.0. The molecule has 0 fully saturated rings. The Kier molecular flexibility index (Phi) is 27.8. The third-order valence-corrected chi connectivity index (χ3v) is 6.22. The zero-order valence-corrected chi connectivity index (χ0v) is 20.3.